The Labute approximate surface area is 47.4 Å². The summed E-state index contributed by atoms with van der Waals surface area (Å²) < 4.78 is 0. The third-order valence-corrected chi connectivity index (χ3v) is 2.75. The SMILES string of the molecule is O=C1[C@H]2C=C[C@@H]3C2[C@H]13. The molecule has 2 saturated carbocycles. The molecule has 0 aromatic carbocycles. The minimum atomic E-state index is 0.380. The molecule has 0 aromatic rings. The van der Waals surface area contributed by atoms with E-state index in [0.29, 0.717) is 23.5 Å². The number of hydrogen-bond acceptors (Lipinski definition) is 1. The van der Waals surface area contributed by atoms with Crippen LogP contribution >= 0.6 is 0 Å². The van der Waals surface area contributed by atoms with Gasteiger partial charge in [0.15, 0.2) is 0 Å². The van der Waals surface area contributed by atoms with Crippen molar-refractivity contribution in [2.45, 2.75) is 0 Å². The number of allylic oxidation sites excluding steroid dienone is 2. The second-order valence-corrected chi connectivity index (χ2v) is 2.99. The first kappa shape index (κ1) is 3.44. The number of ketones is 1. The molecule has 0 amide bonds. The quantitative estimate of drug-likeness (QED) is 0.414. The zero-order valence-electron chi connectivity index (χ0n) is 4.37. The first-order chi connectivity index (χ1) is 3.89. The van der Waals surface area contributed by atoms with Crippen molar-refractivity contribution in [2.24, 2.45) is 23.7 Å². The Hall–Kier alpha value is -0.590. The maximum Gasteiger partial charge on any atom is 0.144 e. The van der Waals surface area contributed by atoms with Gasteiger partial charge in [0.05, 0.1) is 0 Å². The van der Waals surface area contributed by atoms with Gasteiger partial charge in [-0.1, -0.05) is 12.2 Å². The normalized spacial score (nSPS) is 62.8. The molecule has 2 fully saturated rings. The Bertz CT molecular complexity index is 200. The molecule has 1 heteroatoms. The van der Waals surface area contributed by atoms with Gasteiger partial charge in [-0.05, 0) is 11.8 Å². The number of carbonyl (C=O) groups excluding carboxylic acids is 1. The monoisotopic (exact) mass is 106 g/mol. The van der Waals surface area contributed by atoms with E-state index in [9.17, 15) is 4.79 Å². The highest BCUT2D eigenvalue weighted by Crippen LogP contribution is 2.67. The van der Waals surface area contributed by atoms with Gasteiger partial charge >= 0.3 is 0 Å². The minimum Gasteiger partial charge on any atom is -0.299 e. The molecule has 8 heavy (non-hydrogen) atoms. The van der Waals surface area contributed by atoms with Crippen LogP contribution < -0.4 is 0 Å². The highest BCUT2D eigenvalue weighted by molar-refractivity contribution is 5.98. The largest absolute Gasteiger partial charge is 0.299 e. The van der Waals surface area contributed by atoms with Crippen LogP contribution in [-0.4, -0.2) is 5.78 Å². The Balaban J connectivity index is 2.22. The van der Waals surface area contributed by atoms with Gasteiger partial charge in [0, 0.05) is 11.8 Å². The summed E-state index contributed by atoms with van der Waals surface area (Å²) in [5, 5.41) is 0. The molecule has 0 radical (unpaired) electrons. The molecule has 0 aliphatic heterocycles. The Kier molecular flexibility index (Phi) is 0.299. The van der Waals surface area contributed by atoms with Crippen molar-refractivity contribution in [3.63, 3.8) is 0 Å². The molecule has 0 bridgehead atoms. The Morgan fingerprint density at radius 3 is 2.50 bits per heavy atom. The van der Waals surface area contributed by atoms with Gasteiger partial charge < -0.3 is 0 Å². The summed E-state index contributed by atoms with van der Waals surface area (Å²) in [6.45, 7) is 0. The summed E-state index contributed by atoms with van der Waals surface area (Å²) in [7, 11) is 0. The van der Waals surface area contributed by atoms with E-state index in [1.165, 1.54) is 0 Å². The van der Waals surface area contributed by atoms with Crippen LogP contribution in [0.4, 0.5) is 0 Å². The van der Waals surface area contributed by atoms with E-state index < -0.39 is 0 Å². The standard InChI is InChI=1S/C7H6O/c8-7-4-2-1-3-5(4)6(3)7/h1-6H/t3-,4+,5?,6-/m1/s1. The molecule has 4 atom stereocenters. The molecule has 1 unspecified atom stereocenters. The Morgan fingerprint density at radius 2 is 2.25 bits per heavy atom. The second kappa shape index (κ2) is 0.697. The van der Waals surface area contributed by atoms with Crippen LogP contribution in [0.5, 0.6) is 0 Å². The predicted molar refractivity (Wildman–Crippen MR) is 28.1 cm³/mol. The van der Waals surface area contributed by atoms with E-state index in [0.717, 1.165) is 5.92 Å². The van der Waals surface area contributed by atoms with Gasteiger partial charge in [0.1, 0.15) is 5.78 Å². The van der Waals surface area contributed by atoms with Crippen molar-refractivity contribution in [3.8, 4) is 0 Å². The summed E-state index contributed by atoms with van der Waals surface area (Å²) in [6.07, 6.45) is 4.29. The lowest BCUT2D eigenvalue weighted by molar-refractivity contribution is -0.128. The van der Waals surface area contributed by atoms with E-state index in [1.54, 1.807) is 0 Å². The van der Waals surface area contributed by atoms with Crippen molar-refractivity contribution >= 4 is 5.78 Å². The van der Waals surface area contributed by atoms with Crippen molar-refractivity contribution in [3.05, 3.63) is 12.2 Å². The smallest absolute Gasteiger partial charge is 0.144 e. The molecule has 0 N–H and O–H groups in total. The first-order valence-corrected chi connectivity index (χ1v) is 3.11. The van der Waals surface area contributed by atoms with Crippen LogP contribution in [0.1, 0.15) is 0 Å². The third-order valence-electron chi connectivity index (χ3n) is 2.75. The molecular weight excluding hydrogens is 100 g/mol. The van der Waals surface area contributed by atoms with Crippen LogP contribution in [0, 0.1) is 23.7 Å². The average molecular weight is 106 g/mol. The van der Waals surface area contributed by atoms with Gasteiger partial charge in [-0.3, -0.25) is 4.79 Å². The van der Waals surface area contributed by atoms with Gasteiger partial charge in [-0.2, -0.15) is 0 Å². The minimum absolute atomic E-state index is 0.380. The molecule has 3 aliphatic rings. The number of carbonyl (C=O) groups is 1. The summed E-state index contributed by atoms with van der Waals surface area (Å²) in [5.41, 5.74) is 0. The molecule has 3 rings (SSSR count). The van der Waals surface area contributed by atoms with E-state index in [-0.39, 0.29) is 0 Å². The van der Waals surface area contributed by atoms with Crippen LogP contribution in [0.3, 0.4) is 0 Å². The third kappa shape index (κ3) is 0.151. The van der Waals surface area contributed by atoms with Crippen molar-refractivity contribution in [2.75, 3.05) is 0 Å². The highest BCUT2D eigenvalue weighted by atomic mass is 16.1. The van der Waals surface area contributed by atoms with E-state index in [1.807, 2.05) is 0 Å². The highest BCUT2D eigenvalue weighted by Gasteiger charge is 2.70. The first-order valence-electron chi connectivity index (χ1n) is 3.11. The van der Waals surface area contributed by atoms with Crippen molar-refractivity contribution < 1.29 is 4.79 Å². The second-order valence-electron chi connectivity index (χ2n) is 2.99. The van der Waals surface area contributed by atoms with Crippen LogP contribution in [-0.2, 0) is 4.79 Å². The summed E-state index contributed by atoms with van der Waals surface area (Å²) in [6, 6.07) is 0. The van der Waals surface area contributed by atoms with E-state index >= 15 is 0 Å². The topological polar surface area (TPSA) is 17.1 Å². The van der Waals surface area contributed by atoms with Gasteiger partial charge in [0.25, 0.3) is 0 Å². The van der Waals surface area contributed by atoms with Crippen LogP contribution in [0.25, 0.3) is 0 Å². The van der Waals surface area contributed by atoms with Gasteiger partial charge in [-0.25, -0.2) is 0 Å². The van der Waals surface area contributed by atoms with Gasteiger partial charge in [0.2, 0.25) is 0 Å². The maximum atomic E-state index is 10.8. The fourth-order valence-corrected chi connectivity index (χ4v) is 2.21. The molecule has 3 aliphatic carbocycles. The fourth-order valence-electron chi connectivity index (χ4n) is 2.21. The summed E-state index contributed by atoms with van der Waals surface area (Å²) >= 11 is 0. The van der Waals surface area contributed by atoms with Crippen LogP contribution in [0.2, 0.25) is 0 Å². The molecule has 40 valence electrons. The zero-order valence-corrected chi connectivity index (χ0v) is 4.37. The summed E-state index contributed by atoms with van der Waals surface area (Å²) in [5.74, 6) is 2.90. The van der Waals surface area contributed by atoms with Crippen molar-refractivity contribution in [1.29, 1.82) is 0 Å². The van der Waals surface area contributed by atoms with E-state index in [2.05, 4.69) is 12.2 Å². The number of Topliss-reactive ketones (excluding diaryl/α,β-unsaturated/α-hetero) is 1. The van der Waals surface area contributed by atoms with Gasteiger partial charge in [-0.15, -0.1) is 0 Å². The maximum absolute atomic E-state index is 10.8. The van der Waals surface area contributed by atoms with Crippen LogP contribution in [0.15, 0.2) is 12.2 Å². The molecule has 0 aromatic heterocycles. The molecule has 0 saturated heterocycles. The zero-order chi connectivity index (χ0) is 5.30. The Morgan fingerprint density at radius 1 is 1.38 bits per heavy atom. The molecule has 0 heterocycles. The lowest BCUT2D eigenvalue weighted by Gasteiger charge is -2.18. The average Bonchev–Trinajstić information content (AvgIpc) is 2.30. The van der Waals surface area contributed by atoms with Crippen molar-refractivity contribution in [1.82, 2.24) is 0 Å². The lowest BCUT2D eigenvalue weighted by atomic mass is 9.84. The van der Waals surface area contributed by atoms with E-state index in [4.69, 9.17) is 0 Å². The predicted octanol–water partition coefficient (Wildman–Crippen LogP) is 0.617. The number of rotatable bonds is 0. The number of fused-ring (bicyclic) bond motifs is 1. The molecule has 1 nitrogen and oxygen atoms in total. The summed E-state index contributed by atoms with van der Waals surface area (Å²) in [4.78, 5) is 10.8. The lowest BCUT2D eigenvalue weighted by Crippen LogP contribution is -2.27. The number of hydrogen-bond donors (Lipinski definition) is 0. The molecule has 0 spiro atoms. The molecular formula is C7H6O. The fraction of sp³-hybridized carbons (Fsp3) is 0.571.